The smallest absolute Gasteiger partial charge is 0.305 e. The Morgan fingerprint density at radius 3 is 2.70 bits per heavy atom. The molecule has 0 aliphatic heterocycles. The van der Waals surface area contributed by atoms with Crippen LogP contribution < -0.4 is 0 Å². The van der Waals surface area contributed by atoms with Crippen LogP contribution in [0.3, 0.4) is 0 Å². The fraction of sp³-hybridized carbons (Fsp3) is 0.833. The zero-order valence-electron chi connectivity index (χ0n) is 5.84. The predicted octanol–water partition coefficient (Wildman–Crippen LogP) is 0.397. The van der Waals surface area contributed by atoms with Crippen LogP contribution in [0, 0.1) is 5.92 Å². The number of aliphatic hydroxyl groups excluding tert-OH is 1. The molecule has 0 amide bonds. The van der Waals surface area contributed by atoms with Crippen molar-refractivity contribution in [2.75, 3.05) is 19.6 Å². The first-order chi connectivity index (χ1) is 4.74. The number of ether oxygens (including phenoxy) is 1. The lowest BCUT2D eigenvalue weighted by atomic mass is 10.1. The number of alkyl halides is 1. The summed E-state index contributed by atoms with van der Waals surface area (Å²) in [7, 11) is 1.31. The maximum absolute atomic E-state index is 10.5. The molecule has 0 aliphatic rings. The zero-order valence-corrected chi connectivity index (χ0v) is 6.60. The maximum atomic E-state index is 10.5. The number of methoxy groups -OCH3 is 1. The summed E-state index contributed by atoms with van der Waals surface area (Å²) >= 11 is 5.40. The Morgan fingerprint density at radius 1 is 1.80 bits per heavy atom. The largest absolute Gasteiger partial charge is 0.469 e. The van der Waals surface area contributed by atoms with Gasteiger partial charge in [0.15, 0.2) is 0 Å². The van der Waals surface area contributed by atoms with E-state index in [0.717, 1.165) is 0 Å². The minimum absolute atomic E-state index is 0.0708. The molecule has 0 fully saturated rings. The van der Waals surface area contributed by atoms with Gasteiger partial charge in [-0.25, -0.2) is 0 Å². The monoisotopic (exact) mass is 166 g/mol. The van der Waals surface area contributed by atoms with E-state index >= 15 is 0 Å². The van der Waals surface area contributed by atoms with E-state index in [2.05, 4.69) is 4.74 Å². The van der Waals surface area contributed by atoms with E-state index in [4.69, 9.17) is 16.7 Å². The lowest BCUT2D eigenvalue weighted by Gasteiger charge is -2.06. The van der Waals surface area contributed by atoms with E-state index in [-0.39, 0.29) is 30.8 Å². The topological polar surface area (TPSA) is 46.5 Å². The third-order valence-corrected chi connectivity index (χ3v) is 1.60. The lowest BCUT2D eigenvalue weighted by molar-refractivity contribution is -0.141. The van der Waals surface area contributed by atoms with Crippen molar-refractivity contribution in [1.29, 1.82) is 0 Å². The number of hydrogen-bond acceptors (Lipinski definition) is 3. The highest BCUT2D eigenvalue weighted by Crippen LogP contribution is 2.04. The molecule has 0 spiro atoms. The molecule has 0 heterocycles. The van der Waals surface area contributed by atoms with Crippen molar-refractivity contribution in [2.24, 2.45) is 5.92 Å². The minimum Gasteiger partial charge on any atom is -0.469 e. The van der Waals surface area contributed by atoms with Crippen molar-refractivity contribution in [2.45, 2.75) is 6.42 Å². The molecule has 0 saturated heterocycles. The Labute approximate surface area is 64.9 Å². The van der Waals surface area contributed by atoms with Crippen LogP contribution in [-0.4, -0.2) is 30.7 Å². The van der Waals surface area contributed by atoms with Crippen LogP contribution in [0.5, 0.6) is 0 Å². The molecule has 0 aliphatic carbocycles. The average molecular weight is 167 g/mol. The molecule has 3 nitrogen and oxygen atoms in total. The van der Waals surface area contributed by atoms with Crippen LogP contribution in [0.1, 0.15) is 6.42 Å². The van der Waals surface area contributed by atoms with Crippen molar-refractivity contribution in [3.05, 3.63) is 0 Å². The second kappa shape index (κ2) is 5.50. The second-order valence-corrected chi connectivity index (χ2v) is 2.29. The van der Waals surface area contributed by atoms with Crippen LogP contribution in [0.2, 0.25) is 0 Å². The number of aliphatic hydroxyl groups is 1. The molecule has 1 unspecified atom stereocenters. The number of hydrogen-bond donors (Lipinski definition) is 1. The molecular formula is C6H11ClO3. The van der Waals surface area contributed by atoms with Gasteiger partial charge in [0.2, 0.25) is 0 Å². The molecule has 4 heteroatoms. The van der Waals surface area contributed by atoms with Gasteiger partial charge in [-0.1, -0.05) is 0 Å². The van der Waals surface area contributed by atoms with Crippen molar-refractivity contribution < 1.29 is 14.6 Å². The molecule has 1 atom stereocenters. The molecule has 0 rings (SSSR count). The molecule has 0 radical (unpaired) electrons. The van der Waals surface area contributed by atoms with Crippen LogP contribution in [0.25, 0.3) is 0 Å². The van der Waals surface area contributed by atoms with Gasteiger partial charge in [-0.2, -0.15) is 0 Å². The first-order valence-electron chi connectivity index (χ1n) is 2.98. The van der Waals surface area contributed by atoms with E-state index < -0.39 is 0 Å². The van der Waals surface area contributed by atoms with Crippen molar-refractivity contribution in [3.8, 4) is 0 Å². The molecule has 0 aromatic carbocycles. The first kappa shape index (κ1) is 9.72. The number of halogens is 1. The number of carbonyl (C=O) groups excluding carboxylic acids is 1. The molecule has 60 valence electrons. The molecule has 0 saturated carbocycles. The summed E-state index contributed by atoms with van der Waals surface area (Å²) in [4.78, 5) is 10.5. The van der Waals surface area contributed by atoms with E-state index in [1.807, 2.05) is 0 Å². The third kappa shape index (κ3) is 3.69. The minimum atomic E-state index is -0.334. The number of esters is 1. The summed E-state index contributed by atoms with van der Waals surface area (Å²) in [5.74, 6) is -0.222. The van der Waals surface area contributed by atoms with E-state index in [9.17, 15) is 4.79 Å². The van der Waals surface area contributed by atoms with Gasteiger partial charge in [0.25, 0.3) is 0 Å². The van der Waals surface area contributed by atoms with E-state index in [1.54, 1.807) is 0 Å². The molecular weight excluding hydrogens is 156 g/mol. The standard InChI is InChI=1S/C6H11ClO3/c1-10-6(9)2-5(3-7)4-8/h5,8H,2-4H2,1H3. The van der Waals surface area contributed by atoms with Crippen LogP contribution in [-0.2, 0) is 9.53 Å². The Kier molecular flexibility index (Phi) is 5.35. The number of rotatable bonds is 4. The normalized spacial score (nSPS) is 12.7. The van der Waals surface area contributed by atoms with Gasteiger partial charge in [0.1, 0.15) is 0 Å². The Morgan fingerprint density at radius 2 is 2.40 bits per heavy atom. The van der Waals surface area contributed by atoms with Gasteiger partial charge < -0.3 is 9.84 Å². The summed E-state index contributed by atoms with van der Waals surface area (Å²) in [6.45, 7) is -0.0708. The van der Waals surface area contributed by atoms with Crippen LogP contribution in [0.15, 0.2) is 0 Å². The highest BCUT2D eigenvalue weighted by Gasteiger charge is 2.11. The summed E-state index contributed by atoms with van der Waals surface area (Å²) < 4.78 is 4.38. The Balaban J connectivity index is 3.52. The van der Waals surface area contributed by atoms with Gasteiger partial charge in [-0.15, -0.1) is 11.6 Å². The van der Waals surface area contributed by atoms with Crippen LogP contribution >= 0.6 is 11.6 Å². The quantitative estimate of drug-likeness (QED) is 0.486. The summed E-state index contributed by atoms with van der Waals surface area (Å²) in [5, 5.41) is 8.58. The third-order valence-electron chi connectivity index (χ3n) is 1.16. The van der Waals surface area contributed by atoms with Crippen molar-refractivity contribution in [3.63, 3.8) is 0 Å². The van der Waals surface area contributed by atoms with E-state index in [0.29, 0.717) is 0 Å². The molecule has 1 N–H and O–H groups in total. The first-order valence-corrected chi connectivity index (χ1v) is 3.51. The maximum Gasteiger partial charge on any atom is 0.305 e. The van der Waals surface area contributed by atoms with Gasteiger partial charge in [0, 0.05) is 18.4 Å². The summed E-state index contributed by atoms with van der Waals surface area (Å²) in [5.41, 5.74) is 0. The van der Waals surface area contributed by atoms with Crippen molar-refractivity contribution >= 4 is 17.6 Å². The molecule has 0 aromatic rings. The number of carbonyl (C=O) groups is 1. The average Bonchev–Trinajstić information content (AvgIpc) is 1.99. The van der Waals surface area contributed by atoms with Gasteiger partial charge in [-0.3, -0.25) is 4.79 Å². The van der Waals surface area contributed by atoms with Crippen molar-refractivity contribution in [1.82, 2.24) is 0 Å². The van der Waals surface area contributed by atoms with Gasteiger partial charge >= 0.3 is 5.97 Å². The summed E-state index contributed by atoms with van der Waals surface area (Å²) in [6.07, 6.45) is 0.191. The Hall–Kier alpha value is -0.280. The van der Waals surface area contributed by atoms with Crippen LogP contribution in [0.4, 0.5) is 0 Å². The molecule has 0 bridgehead atoms. The summed E-state index contributed by atoms with van der Waals surface area (Å²) in [6, 6.07) is 0. The highest BCUT2D eigenvalue weighted by molar-refractivity contribution is 6.18. The lowest BCUT2D eigenvalue weighted by Crippen LogP contribution is -2.14. The fourth-order valence-electron chi connectivity index (χ4n) is 0.487. The fourth-order valence-corrected chi connectivity index (χ4v) is 0.694. The second-order valence-electron chi connectivity index (χ2n) is 1.98. The Bertz CT molecular complexity index is 101. The SMILES string of the molecule is COC(=O)CC(CO)CCl. The molecule has 10 heavy (non-hydrogen) atoms. The zero-order chi connectivity index (χ0) is 7.98. The predicted molar refractivity (Wildman–Crippen MR) is 37.9 cm³/mol. The van der Waals surface area contributed by atoms with Gasteiger partial charge in [0.05, 0.1) is 13.5 Å². The molecule has 0 aromatic heterocycles. The highest BCUT2D eigenvalue weighted by atomic mass is 35.5. The van der Waals surface area contributed by atoms with E-state index in [1.165, 1.54) is 7.11 Å². The van der Waals surface area contributed by atoms with Gasteiger partial charge in [-0.05, 0) is 0 Å².